The van der Waals surface area contributed by atoms with E-state index in [2.05, 4.69) is 67.3 Å². The van der Waals surface area contributed by atoms with Gasteiger partial charge >= 0.3 is 0 Å². The lowest BCUT2D eigenvalue weighted by Gasteiger charge is -2.33. The SMILES string of the molecule is CCNC(=NCc1ccccc1CN(C)C)N1CCCC(C)C1.I. The fourth-order valence-corrected chi connectivity index (χ4v) is 3.17. The number of nitrogens with one attached hydrogen (secondary N) is 1. The van der Waals surface area contributed by atoms with Crippen LogP contribution < -0.4 is 5.32 Å². The van der Waals surface area contributed by atoms with Crippen LogP contribution in [0.5, 0.6) is 0 Å². The van der Waals surface area contributed by atoms with Gasteiger partial charge in [0.25, 0.3) is 0 Å². The van der Waals surface area contributed by atoms with Crippen LogP contribution in [0.1, 0.15) is 37.8 Å². The molecule has 0 spiro atoms. The predicted molar refractivity (Wildman–Crippen MR) is 114 cm³/mol. The number of nitrogens with zero attached hydrogens (tertiary/aromatic N) is 3. The first-order valence-electron chi connectivity index (χ1n) is 8.85. The summed E-state index contributed by atoms with van der Waals surface area (Å²) in [4.78, 5) is 9.55. The molecule has 1 fully saturated rings. The van der Waals surface area contributed by atoms with Gasteiger partial charge in [0.05, 0.1) is 6.54 Å². The van der Waals surface area contributed by atoms with Crippen molar-refractivity contribution in [1.82, 2.24) is 15.1 Å². The van der Waals surface area contributed by atoms with Gasteiger partial charge in [-0.2, -0.15) is 0 Å². The van der Waals surface area contributed by atoms with Gasteiger partial charge in [0.2, 0.25) is 0 Å². The standard InChI is InChI=1S/C19H32N4.HI/c1-5-20-19(23-12-8-9-16(2)14-23)21-13-17-10-6-7-11-18(17)15-22(3)4;/h6-7,10-11,16H,5,8-9,12-15H2,1-4H3,(H,20,21);1H. The largest absolute Gasteiger partial charge is 0.357 e. The minimum absolute atomic E-state index is 0. The van der Waals surface area contributed by atoms with Gasteiger partial charge in [-0.1, -0.05) is 31.2 Å². The van der Waals surface area contributed by atoms with E-state index in [1.165, 1.54) is 24.0 Å². The van der Waals surface area contributed by atoms with Crippen LogP contribution in [0.15, 0.2) is 29.3 Å². The Labute approximate surface area is 164 Å². The highest BCUT2D eigenvalue weighted by atomic mass is 127. The van der Waals surface area contributed by atoms with Crippen molar-refractivity contribution in [1.29, 1.82) is 0 Å². The van der Waals surface area contributed by atoms with E-state index in [-0.39, 0.29) is 24.0 Å². The summed E-state index contributed by atoms with van der Waals surface area (Å²) in [6.07, 6.45) is 2.60. The van der Waals surface area contributed by atoms with Crippen LogP contribution in [0.4, 0.5) is 0 Å². The lowest BCUT2D eigenvalue weighted by molar-refractivity contribution is 0.266. The highest BCUT2D eigenvalue weighted by Crippen LogP contribution is 2.16. The third-order valence-electron chi connectivity index (χ3n) is 4.30. The molecule has 1 atom stereocenters. The quantitative estimate of drug-likeness (QED) is 0.428. The molecule has 2 rings (SSSR count). The monoisotopic (exact) mass is 444 g/mol. The topological polar surface area (TPSA) is 30.9 Å². The van der Waals surface area contributed by atoms with Crippen molar-refractivity contribution in [3.8, 4) is 0 Å². The fourth-order valence-electron chi connectivity index (χ4n) is 3.17. The molecule has 1 aromatic carbocycles. The van der Waals surface area contributed by atoms with E-state index in [0.29, 0.717) is 0 Å². The van der Waals surface area contributed by atoms with E-state index < -0.39 is 0 Å². The first kappa shape index (κ1) is 21.2. The summed E-state index contributed by atoms with van der Waals surface area (Å²) in [5.41, 5.74) is 2.69. The van der Waals surface area contributed by atoms with Crippen molar-refractivity contribution in [3.05, 3.63) is 35.4 Å². The number of likely N-dealkylation sites (tertiary alicyclic amines) is 1. The second kappa shape index (κ2) is 10.9. The normalized spacial score (nSPS) is 18.5. The molecule has 136 valence electrons. The van der Waals surface area contributed by atoms with Crippen LogP contribution >= 0.6 is 24.0 Å². The molecule has 4 nitrogen and oxygen atoms in total. The van der Waals surface area contributed by atoms with E-state index in [4.69, 9.17) is 4.99 Å². The molecule has 0 bridgehead atoms. The summed E-state index contributed by atoms with van der Waals surface area (Å²) >= 11 is 0. The molecule has 1 heterocycles. The Morgan fingerprint density at radius 3 is 2.62 bits per heavy atom. The van der Waals surface area contributed by atoms with Gasteiger partial charge in [-0.05, 0) is 50.9 Å². The van der Waals surface area contributed by atoms with E-state index in [0.717, 1.165) is 44.6 Å². The lowest BCUT2D eigenvalue weighted by atomic mass is 10.0. The number of hydrogen-bond donors (Lipinski definition) is 1. The molecular formula is C19H33IN4. The molecule has 0 aliphatic carbocycles. The third-order valence-corrected chi connectivity index (χ3v) is 4.30. The van der Waals surface area contributed by atoms with Gasteiger partial charge in [0, 0.05) is 26.2 Å². The molecule has 0 amide bonds. The highest BCUT2D eigenvalue weighted by Gasteiger charge is 2.19. The smallest absolute Gasteiger partial charge is 0.194 e. The molecule has 1 aromatic rings. The van der Waals surface area contributed by atoms with E-state index in [1.807, 2.05) is 0 Å². The summed E-state index contributed by atoms with van der Waals surface area (Å²) in [6.45, 7) is 9.34. The van der Waals surface area contributed by atoms with Crippen molar-refractivity contribution in [3.63, 3.8) is 0 Å². The van der Waals surface area contributed by atoms with E-state index >= 15 is 0 Å². The molecule has 24 heavy (non-hydrogen) atoms. The second-order valence-electron chi connectivity index (χ2n) is 6.87. The Balaban J connectivity index is 0.00000288. The van der Waals surface area contributed by atoms with Gasteiger partial charge in [-0.3, -0.25) is 0 Å². The van der Waals surface area contributed by atoms with Crippen LogP contribution in [-0.4, -0.2) is 49.5 Å². The van der Waals surface area contributed by atoms with Gasteiger partial charge in [-0.25, -0.2) is 4.99 Å². The number of piperidine rings is 1. The van der Waals surface area contributed by atoms with Gasteiger partial charge in [0.1, 0.15) is 0 Å². The molecule has 1 N–H and O–H groups in total. The minimum atomic E-state index is 0. The maximum Gasteiger partial charge on any atom is 0.194 e. The fraction of sp³-hybridized carbons (Fsp3) is 0.632. The second-order valence-corrected chi connectivity index (χ2v) is 6.87. The van der Waals surface area contributed by atoms with Crippen LogP contribution in [0.25, 0.3) is 0 Å². The van der Waals surface area contributed by atoms with Gasteiger partial charge in [0.15, 0.2) is 5.96 Å². The number of aliphatic imine (C=N–C) groups is 1. The summed E-state index contributed by atoms with van der Waals surface area (Å²) in [7, 11) is 4.22. The van der Waals surface area contributed by atoms with Crippen LogP contribution in [0.3, 0.4) is 0 Å². The summed E-state index contributed by atoms with van der Waals surface area (Å²) in [5, 5.41) is 3.47. The lowest BCUT2D eigenvalue weighted by Crippen LogP contribution is -2.46. The molecular weight excluding hydrogens is 411 g/mol. The Hall–Kier alpha value is -0.820. The molecule has 0 radical (unpaired) electrons. The number of guanidine groups is 1. The Bertz CT molecular complexity index is 516. The van der Waals surface area contributed by atoms with Gasteiger partial charge < -0.3 is 15.1 Å². The zero-order chi connectivity index (χ0) is 16.7. The maximum absolute atomic E-state index is 4.92. The summed E-state index contributed by atoms with van der Waals surface area (Å²) in [6, 6.07) is 8.63. The molecule has 1 aliphatic rings. The molecule has 0 aromatic heterocycles. The summed E-state index contributed by atoms with van der Waals surface area (Å²) < 4.78 is 0. The van der Waals surface area contributed by atoms with Crippen molar-refractivity contribution >= 4 is 29.9 Å². The molecule has 5 heteroatoms. The van der Waals surface area contributed by atoms with E-state index in [1.54, 1.807) is 0 Å². The predicted octanol–water partition coefficient (Wildman–Crippen LogP) is 3.56. The molecule has 1 saturated heterocycles. The van der Waals surface area contributed by atoms with Crippen molar-refractivity contribution in [2.45, 2.75) is 39.8 Å². The Morgan fingerprint density at radius 2 is 2.00 bits per heavy atom. The molecule has 1 unspecified atom stereocenters. The molecule has 1 aliphatic heterocycles. The first-order chi connectivity index (χ1) is 11.1. The number of hydrogen-bond acceptors (Lipinski definition) is 2. The van der Waals surface area contributed by atoms with Crippen LogP contribution in [0.2, 0.25) is 0 Å². The Morgan fingerprint density at radius 1 is 1.29 bits per heavy atom. The average Bonchev–Trinajstić information content (AvgIpc) is 2.52. The minimum Gasteiger partial charge on any atom is -0.357 e. The summed E-state index contributed by atoms with van der Waals surface area (Å²) in [5.74, 6) is 1.83. The van der Waals surface area contributed by atoms with E-state index in [9.17, 15) is 0 Å². The van der Waals surface area contributed by atoms with Crippen molar-refractivity contribution in [2.24, 2.45) is 10.9 Å². The zero-order valence-corrected chi connectivity index (χ0v) is 17.9. The maximum atomic E-state index is 4.92. The van der Waals surface area contributed by atoms with Crippen LogP contribution in [-0.2, 0) is 13.1 Å². The number of halogens is 1. The average molecular weight is 444 g/mol. The molecule has 0 saturated carbocycles. The van der Waals surface area contributed by atoms with Crippen molar-refractivity contribution < 1.29 is 0 Å². The zero-order valence-electron chi connectivity index (χ0n) is 15.6. The highest BCUT2D eigenvalue weighted by molar-refractivity contribution is 14.0. The number of benzene rings is 1. The Kier molecular flexibility index (Phi) is 9.66. The van der Waals surface area contributed by atoms with Gasteiger partial charge in [-0.15, -0.1) is 24.0 Å². The first-order valence-corrected chi connectivity index (χ1v) is 8.85. The third kappa shape index (κ3) is 6.59. The number of rotatable bonds is 5. The van der Waals surface area contributed by atoms with Crippen molar-refractivity contribution in [2.75, 3.05) is 33.7 Å². The van der Waals surface area contributed by atoms with Crippen LogP contribution in [0, 0.1) is 5.92 Å².